The Hall–Kier alpha value is -2.80. The van der Waals surface area contributed by atoms with Gasteiger partial charge in [0.1, 0.15) is 5.82 Å². The molecule has 0 saturated carbocycles. The summed E-state index contributed by atoms with van der Waals surface area (Å²) in [6.07, 6.45) is 9.07. The molecular weight excluding hydrogens is 326 g/mol. The van der Waals surface area contributed by atoms with Crippen LogP contribution in [0.2, 0.25) is 0 Å². The van der Waals surface area contributed by atoms with E-state index in [0.29, 0.717) is 11.6 Å². The standard InChI is InChI=1S/C19H23N7/c1-2-12-26(11-1)13-5-10-22-18-16(7-4-9-21-18)19-23-17(24-25-19)15-6-3-8-20-14-15/h3-4,6-9,14H,1-2,5,10-13H2,(H,21,22)(H,23,24,25). The number of aromatic nitrogens is 5. The quantitative estimate of drug-likeness (QED) is 0.638. The number of aromatic amines is 1. The Morgan fingerprint density at radius 2 is 2.00 bits per heavy atom. The van der Waals surface area contributed by atoms with E-state index < -0.39 is 0 Å². The predicted octanol–water partition coefficient (Wildman–Crippen LogP) is 2.83. The maximum atomic E-state index is 4.61. The van der Waals surface area contributed by atoms with Gasteiger partial charge >= 0.3 is 0 Å². The minimum atomic E-state index is 0.636. The van der Waals surface area contributed by atoms with Gasteiger partial charge in [-0.1, -0.05) is 0 Å². The lowest BCUT2D eigenvalue weighted by Crippen LogP contribution is -2.22. The minimum Gasteiger partial charge on any atom is -0.369 e. The lowest BCUT2D eigenvalue weighted by molar-refractivity contribution is 0.337. The monoisotopic (exact) mass is 349 g/mol. The van der Waals surface area contributed by atoms with Crippen LogP contribution in [0, 0.1) is 0 Å². The summed E-state index contributed by atoms with van der Waals surface area (Å²) in [5, 5.41) is 10.8. The lowest BCUT2D eigenvalue weighted by Gasteiger charge is -2.15. The summed E-state index contributed by atoms with van der Waals surface area (Å²) in [6, 6.07) is 7.74. The van der Waals surface area contributed by atoms with E-state index in [1.54, 1.807) is 18.6 Å². The first kappa shape index (κ1) is 16.7. The first-order valence-corrected chi connectivity index (χ1v) is 9.14. The van der Waals surface area contributed by atoms with Gasteiger partial charge in [-0.3, -0.25) is 10.1 Å². The van der Waals surface area contributed by atoms with Crippen LogP contribution in [-0.4, -0.2) is 56.2 Å². The molecule has 7 nitrogen and oxygen atoms in total. The van der Waals surface area contributed by atoms with E-state index in [1.165, 1.54) is 25.9 Å². The van der Waals surface area contributed by atoms with Crippen molar-refractivity contribution >= 4 is 5.82 Å². The number of likely N-dealkylation sites (tertiary alicyclic amines) is 1. The van der Waals surface area contributed by atoms with Gasteiger partial charge < -0.3 is 10.2 Å². The molecule has 0 unspecified atom stereocenters. The van der Waals surface area contributed by atoms with Gasteiger partial charge in [-0.2, -0.15) is 5.10 Å². The van der Waals surface area contributed by atoms with Crippen molar-refractivity contribution in [1.82, 2.24) is 30.0 Å². The van der Waals surface area contributed by atoms with E-state index in [1.807, 2.05) is 24.3 Å². The van der Waals surface area contributed by atoms with Gasteiger partial charge in [0.05, 0.1) is 5.56 Å². The molecule has 1 fully saturated rings. The van der Waals surface area contributed by atoms with E-state index in [9.17, 15) is 0 Å². The first-order chi connectivity index (χ1) is 12.9. The Labute approximate surface area is 152 Å². The molecule has 3 aromatic rings. The fourth-order valence-electron chi connectivity index (χ4n) is 3.26. The summed E-state index contributed by atoms with van der Waals surface area (Å²) in [7, 11) is 0. The van der Waals surface area contributed by atoms with E-state index in [-0.39, 0.29) is 0 Å². The summed E-state index contributed by atoms with van der Waals surface area (Å²) < 4.78 is 0. The van der Waals surface area contributed by atoms with Crippen molar-refractivity contribution < 1.29 is 0 Å². The van der Waals surface area contributed by atoms with Crippen molar-refractivity contribution in [1.29, 1.82) is 0 Å². The van der Waals surface area contributed by atoms with Crippen molar-refractivity contribution in [2.75, 3.05) is 31.5 Å². The maximum Gasteiger partial charge on any atom is 0.183 e. The highest BCUT2D eigenvalue weighted by atomic mass is 15.2. The van der Waals surface area contributed by atoms with Gasteiger partial charge in [-0.15, -0.1) is 0 Å². The molecule has 7 heteroatoms. The first-order valence-electron chi connectivity index (χ1n) is 9.14. The molecule has 4 heterocycles. The van der Waals surface area contributed by atoms with Crippen LogP contribution in [0.4, 0.5) is 5.82 Å². The Balaban J connectivity index is 1.43. The Morgan fingerprint density at radius 1 is 1.12 bits per heavy atom. The SMILES string of the molecule is c1cncc(-c2n[nH]c(-c3cccnc3NCCCN3CCCC3)n2)c1. The highest BCUT2D eigenvalue weighted by Crippen LogP contribution is 2.24. The molecule has 4 rings (SSSR count). The number of nitrogens with zero attached hydrogens (tertiary/aromatic N) is 5. The van der Waals surface area contributed by atoms with Gasteiger partial charge in [0.15, 0.2) is 11.6 Å². The number of hydrogen-bond donors (Lipinski definition) is 2. The average Bonchev–Trinajstić information content (AvgIpc) is 3.38. The van der Waals surface area contributed by atoms with Crippen molar-refractivity contribution in [3.8, 4) is 22.8 Å². The number of hydrogen-bond acceptors (Lipinski definition) is 6. The molecular formula is C19H23N7. The minimum absolute atomic E-state index is 0.636. The molecule has 1 aliphatic heterocycles. The van der Waals surface area contributed by atoms with Crippen LogP contribution in [0.3, 0.4) is 0 Å². The van der Waals surface area contributed by atoms with Crippen LogP contribution in [0.1, 0.15) is 19.3 Å². The van der Waals surface area contributed by atoms with E-state index in [0.717, 1.165) is 36.5 Å². The molecule has 3 aromatic heterocycles. The zero-order chi connectivity index (χ0) is 17.6. The summed E-state index contributed by atoms with van der Waals surface area (Å²) in [4.78, 5) is 15.7. The molecule has 0 atom stereocenters. The highest BCUT2D eigenvalue weighted by molar-refractivity contribution is 5.71. The molecule has 0 aromatic carbocycles. The normalized spacial score (nSPS) is 14.6. The molecule has 2 N–H and O–H groups in total. The molecule has 0 bridgehead atoms. The van der Waals surface area contributed by atoms with Crippen LogP contribution in [-0.2, 0) is 0 Å². The predicted molar refractivity (Wildman–Crippen MR) is 102 cm³/mol. The van der Waals surface area contributed by atoms with Gasteiger partial charge in [0.25, 0.3) is 0 Å². The molecule has 0 spiro atoms. The van der Waals surface area contributed by atoms with Gasteiger partial charge in [-0.25, -0.2) is 9.97 Å². The fourth-order valence-corrected chi connectivity index (χ4v) is 3.26. The van der Waals surface area contributed by atoms with E-state index in [2.05, 4.69) is 35.4 Å². The van der Waals surface area contributed by atoms with E-state index >= 15 is 0 Å². The third-order valence-corrected chi connectivity index (χ3v) is 4.61. The van der Waals surface area contributed by atoms with Gasteiger partial charge in [-0.05, 0) is 63.2 Å². The lowest BCUT2D eigenvalue weighted by atomic mass is 10.2. The molecule has 26 heavy (non-hydrogen) atoms. The zero-order valence-corrected chi connectivity index (χ0v) is 14.7. The summed E-state index contributed by atoms with van der Waals surface area (Å²) in [5.74, 6) is 2.18. The Bertz CT molecular complexity index is 825. The number of anilines is 1. The van der Waals surface area contributed by atoms with Crippen LogP contribution < -0.4 is 5.32 Å². The smallest absolute Gasteiger partial charge is 0.183 e. The second-order valence-corrected chi connectivity index (χ2v) is 6.48. The fraction of sp³-hybridized carbons (Fsp3) is 0.368. The summed E-state index contributed by atoms with van der Waals surface area (Å²) >= 11 is 0. The molecule has 134 valence electrons. The maximum absolute atomic E-state index is 4.61. The Morgan fingerprint density at radius 3 is 2.85 bits per heavy atom. The molecule has 1 aliphatic rings. The highest BCUT2D eigenvalue weighted by Gasteiger charge is 2.13. The van der Waals surface area contributed by atoms with Crippen molar-refractivity contribution in [2.24, 2.45) is 0 Å². The average molecular weight is 349 g/mol. The van der Waals surface area contributed by atoms with Crippen molar-refractivity contribution in [3.05, 3.63) is 42.9 Å². The van der Waals surface area contributed by atoms with Gasteiger partial charge in [0.2, 0.25) is 0 Å². The van der Waals surface area contributed by atoms with Crippen molar-refractivity contribution in [2.45, 2.75) is 19.3 Å². The number of rotatable bonds is 7. The third-order valence-electron chi connectivity index (χ3n) is 4.61. The molecule has 0 amide bonds. The van der Waals surface area contributed by atoms with E-state index in [4.69, 9.17) is 0 Å². The Kier molecular flexibility index (Phi) is 5.16. The third kappa shape index (κ3) is 3.88. The largest absolute Gasteiger partial charge is 0.369 e. The topological polar surface area (TPSA) is 82.6 Å². The molecule has 0 aliphatic carbocycles. The van der Waals surface area contributed by atoms with Crippen LogP contribution in [0.25, 0.3) is 22.8 Å². The summed E-state index contributed by atoms with van der Waals surface area (Å²) in [6.45, 7) is 4.51. The number of H-pyrrole nitrogens is 1. The van der Waals surface area contributed by atoms with Crippen LogP contribution in [0.5, 0.6) is 0 Å². The molecule has 1 saturated heterocycles. The second-order valence-electron chi connectivity index (χ2n) is 6.48. The summed E-state index contributed by atoms with van der Waals surface area (Å²) in [5.41, 5.74) is 1.82. The molecule has 0 radical (unpaired) electrons. The van der Waals surface area contributed by atoms with Crippen LogP contribution in [0.15, 0.2) is 42.9 Å². The van der Waals surface area contributed by atoms with Crippen molar-refractivity contribution in [3.63, 3.8) is 0 Å². The zero-order valence-electron chi connectivity index (χ0n) is 14.7. The van der Waals surface area contributed by atoms with Gasteiger partial charge in [0, 0.05) is 30.7 Å². The second kappa shape index (κ2) is 8.05. The number of nitrogens with one attached hydrogen (secondary N) is 2. The van der Waals surface area contributed by atoms with Crippen LogP contribution >= 0.6 is 0 Å². The number of pyridine rings is 2.